The van der Waals surface area contributed by atoms with Crippen molar-refractivity contribution in [1.82, 2.24) is 20.3 Å². The van der Waals surface area contributed by atoms with Gasteiger partial charge in [0.05, 0.1) is 22.6 Å². The van der Waals surface area contributed by atoms with Gasteiger partial charge in [0, 0.05) is 13.0 Å². The highest BCUT2D eigenvalue weighted by molar-refractivity contribution is 6.08. The Morgan fingerprint density at radius 3 is 2.45 bits per heavy atom. The molecule has 0 saturated carbocycles. The highest BCUT2D eigenvalue weighted by Crippen LogP contribution is 2.18. The number of primary amides is 1. The topological polar surface area (TPSA) is 132 Å². The lowest BCUT2D eigenvalue weighted by Gasteiger charge is -2.10. The first-order valence-electron chi connectivity index (χ1n) is 9.74. The number of benzene rings is 2. The van der Waals surface area contributed by atoms with Crippen LogP contribution in [0.2, 0.25) is 0 Å². The van der Waals surface area contributed by atoms with Gasteiger partial charge in [0.15, 0.2) is 5.69 Å². The Hall–Kier alpha value is -4.01. The van der Waals surface area contributed by atoms with Crippen LogP contribution >= 0.6 is 0 Å². The summed E-state index contributed by atoms with van der Waals surface area (Å²) in [5.74, 6) is -1.41. The number of anilines is 1. The number of aromatic nitrogens is 3. The van der Waals surface area contributed by atoms with E-state index in [0.29, 0.717) is 11.4 Å². The Kier molecular flexibility index (Phi) is 6.44. The van der Waals surface area contributed by atoms with Crippen LogP contribution in [-0.2, 0) is 4.79 Å². The molecule has 0 aliphatic carbocycles. The molecule has 9 heteroatoms. The average Bonchev–Trinajstić information content (AvgIpc) is 3.09. The molecule has 0 unspecified atom stereocenters. The summed E-state index contributed by atoms with van der Waals surface area (Å²) in [7, 11) is 0. The zero-order valence-corrected chi connectivity index (χ0v) is 17.6. The molecule has 0 bridgehead atoms. The van der Waals surface area contributed by atoms with Crippen molar-refractivity contribution in [2.75, 3.05) is 11.9 Å². The zero-order chi connectivity index (χ0) is 22.5. The number of carbonyl (C=O) groups excluding carboxylic acids is 3. The molecule has 3 rings (SSSR count). The van der Waals surface area contributed by atoms with Gasteiger partial charge >= 0.3 is 0 Å². The van der Waals surface area contributed by atoms with Crippen LogP contribution in [0.15, 0.2) is 42.5 Å². The number of hydrogen-bond donors (Lipinski definition) is 3. The van der Waals surface area contributed by atoms with E-state index < -0.39 is 17.7 Å². The monoisotopic (exact) mass is 420 g/mol. The van der Waals surface area contributed by atoms with Gasteiger partial charge in [-0.2, -0.15) is 9.90 Å². The van der Waals surface area contributed by atoms with Crippen molar-refractivity contribution in [3.8, 4) is 5.69 Å². The average molecular weight is 420 g/mol. The zero-order valence-electron chi connectivity index (χ0n) is 17.6. The molecule has 3 aromatic rings. The van der Waals surface area contributed by atoms with Crippen LogP contribution < -0.4 is 16.4 Å². The van der Waals surface area contributed by atoms with Gasteiger partial charge in [0.25, 0.3) is 11.8 Å². The molecule has 9 nitrogen and oxygen atoms in total. The first-order chi connectivity index (χ1) is 14.8. The van der Waals surface area contributed by atoms with Gasteiger partial charge in [-0.3, -0.25) is 14.4 Å². The van der Waals surface area contributed by atoms with Crippen molar-refractivity contribution in [1.29, 1.82) is 0 Å². The van der Waals surface area contributed by atoms with Gasteiger partial charge in [-0.15, -0.1) is 5.10 Å². The van der Waals surface area contributed by atoms with Crippen LogP contribution in [0.5, 0.6) is 0 Å². The van der Waals surface area contributed by atoms with Crippen molar-refractivity contribution in [3.05, 3.63) is 70.5 Å². The molecule has 31 heavy (non-hydrogen) atoms. The number of nitrogens with zero attached hydrogens (tertiary/aromatic N) is 3. The minimum Gasteiger partial charge on any atom is -0.370 e. The van der Waals surface area contributed by atoms with Crippen LogP contribution in [-0.4, -0.2) is 39.3 Å². The lowest BCUT2D eigenvalue weighted by molar-refractivity contribution is -0.117. The molecular formula is C22H24N6O3. The molecule has 3 amide bonds. The smallest absolute Gasteiger partial charge is 0.278 e. The number of carbonyl (C=O) groups is 3. The van der Waals surface area contributed by atoms with Crippen LogP contribution in [0, 0.1) is 20.8 Å². The van der Waals surface area contributed by atoms with Crippen molar-refractivity contribution in [3.63, 3.8) is 0 Å². The molecule has 0 spiro atoms. The largest absolute Gasteiger partial charge is 0.370 e. The van der Waals surface area contributed by atoms with E-state index >= 15 is 0 Å². The van der Waals surface area contributed by atoms with E-state index in [1.165, 1.54) is 4.80 Å². The normalized spacial score (nSPS) is 10.5. The summed E-state index contributed by atoms with van der Waals surface area (Å²) in [6, 6.07) is 12.4. The third-order valence-electron chi connectivity index (χ3n) is 4.64. The predicted octanol–water partition coefficient (Wildman–Crippen LogP) is 2.05. The maximum atomic E-state index is 12.9. The molecule has 1 heterocycles. The second-order valence-electron chi connectivity index (χ2n) is 7.19. The molecule has 0 aliphatic rings. The fraction of sp³-hybridized carbons (Fsp3) is 0.227. The fourth-order valence-electron chi connectivity index (χ4n) is 3.09. The summed E-state index contributed by atoms with van der Waals surface area (Å²) in [6.07, 6.45) is 0.0288. The predicted molar refractivity (Wildman–Crippen MR) is 116 cm³/mol. The summed E-state index contributed by atoms with van der Waals surface area (Å²) >= 11 is 0. The van der Waals surface area contributed by atoms with Gasteiger partial charge in [-0.25, -0.2) is 0 Å². The van der Waals surface area contributed by atoms with E-state index in [9.17, 15) is 14.4 Å². The Labute approximate surface area is 179 Å². The quantitative estimate of drug-likeness (QED) is 0.538. The summed E-state index contributed by atoms with van der Waals surface area (Å²) in [5.41, 5.74) is 9.18. The van der Waals surface area contributed by atoms with Gasteiger partial charge in [0.2, 0.25) is 5.91 Å². The summed E-state index contributed by atoms with van der Waals surface area (Å²) < 4.78 is 0. The lowest BCUT2D eigenvalue weighted by atomic mass is 10.1. The fourth-order valence-corrected chi connectivity index (χ4v) is 3.09. The maximum Gasteiger partial charge on any atom is 0.278 e. The van der Waals surface area contributed by atoms with Crippen LogP contribution in [0.3, 0.4) is 0 Å². The molecule has 1 aromatic heterocycles. The highest BCUT2D eigenvalue weighted by Gasteiger charge is 2.20. The number of para-hydroxylation sites is 1. The molecule has 0 radical (unpaired) electrons. The van der Waals surface area contributed by atoms with Crippen LogP contribution in [0.4, 0.5) is 5.69 Å². The van der Waals surface area contributed by atoms with Gasteiger partial charge in [0.1, 0.15) is 0 Å². The summed E-state index contributed by atoms with van der Waals surface area (Å²) in [5, 5.41) is 14.1. The molecular weight excluding hydrogens is 396 g/mol. The molecule has 2 aromatic carbocycles. The van der Waals surface area contributed by atoms with Crippen molar-refractivity contribution >= 4 is 23.4 Å². The molecule has 0 atom stereocenters. The minimum absolute atomic E-state index is 0.0288. The maximum absolute atomic E-state index is 12.9. The SMILES string of the molecule is Cc1ccc(-n2nc(C)c(C(=O)Nc3ccccc3C(=O)NCCC(N)=O)n2)c(C)c1. The number of rotatable bonds is 7. The van der Waals surface area contributed by atoms with E-state index in [4.69, 9.17) is 5.73 Å². The van der Waals surface area contributed by atoms with Gasteiger partial charge in [-0.05, 0) is 44.5 Å². The third kappa shape index (κ3) is 5.13. The molecule has 0 saturated heterocycles. The lowest BCUT2D eigenvalue weighted by Crippen LogP contribution is -2.29. The number of aryl methyl sites for hydroxylation is 3. The number of hydrogen-bond acceptors (Lipinski definition) is 5. The second kappa shape index (κ2) is 9.21. The van der Waals surface area contributed by atoms with Crippen LogP contribution in [0.1, 0.15) is 44.1 Å². The van der Waals surface area contributed by atoms with Crippen molar-refractivity contribution in [2.45, 2.75) is 27.2 Å². The highest BCUT2D eigenvalue weighted by atomic mass is 16.2. The Morgan fingerprint density at radius 1 is 1.00 bits per heavy atom. The molecule has 0 aliphatic heterocycles. The van der Waals surface area contributed by atoms with Crippen molar-refractivity contribution < 1.29 is 14.4 Å². The van der Waals surface area contributed by atoms with Crippen molar-refractivity contribution in [2.24, 2.45) is 5.73 Å². The number of nitrogens with two attached hydrogens (primary N) is 1. The second-order valence-corrected chi connectivity index (χ2v) is 7.19. The Bertz CT molecular complexity index is 1150. The number of amides is 3. The van der Waals surface area contributed by atoms with E-state index in [1.54, 1.807) is 31.2 Å². The molecule has 4 N–H and O–H groups in total. The Morgan fingerprint density at radius 2 is 1.74 bits per heavy atom. The Balaban J connectivity index is 1.80. The minimum atomic E-state index is -0.510. The first-order valence-corrected chi connectivity index (χ1v) is 9.74. The van der Waals surface area contributed by atoms with E-state index in [1.807, 2.05) is 32.0 Å². The van der Waals surface area contributed by atoms with Gasteiger partial charge < -0.3 is 16.4 Å². The molecule has 160 valence electrons. The summed E-state index contributed by atoms with van der Waals surface area (Å²) in [6.45, 7) is 5.76. The first kappa shape index (κ1) is 21.7. The standard InChI is InChI=1S/C22H24N6O3/c1-13-8-9-18(14(2)12-13)28-26-15(3)20(27-28)22(31)25-17-7-5-4-6-16(17)21(30)24-11-10-19(23)29/h4-9,12H,10-11H2,1-3H3,(H2,23,29)(H,24,30)(H,25,31). The summed E-state index contributed by atoms with van der Waals surface area (Å²) in [4.78, 5) is 37.6. The third-order valence-corrected chi connectivity index (χ3v) is 4.64. The van der Waals surface area contributed by atoms with E-state index in [0.717, 1.165) is 16.8 Å². The van der Waals surface area contributed by atoms with Gasteiger partial charge in [-0.1, -0.05) is 29.8 Å². The van der Waals surface area contributed by atoms with E-state index in [2.05, 4.69) is 20.8 Å². The molecule has 0 fully saturated rings. The van der Waals surface area contributed by atoms with Crippen LogP contribution in [0.25, 0.3) is 5.69 Å². The number of nitrogens with one attached hydrogen (secondary N) is 2. The van der Waals surface area contributed by atoms with E-state index in [-0.39, 0.29) is 24.2 Å².